The average Bonchev–Trinajstić information content (AvgIpc) is 2.71. The van der Waals surface area contributed by atoms with Gasteiger partial charge in [-0.3, -0.25) is 0 Å². The smallest absolute Gasteiger partial charge is 0.358 e. The fourth-order valence-corrected chi connectivity index (χ4v) is 1.52. The summed E-state index contributed by atoms with van der Waals surface area (Å²) >= 11 is 0. The number of aromatic carboxylic acids is 1. The van der Waals surface area contributed by atoms with Gasteiger partial charge in [-0.25, -0.2) is 14.5 Å². The first-order chi connectivity index (χ1) is 8.54. The highest BCUT2D eigenvalue weighted by molar-refractivity contribution is 5.91. The summed E-state index contributed by atoms with van der Waals surface area (Å²) in [4.78, 5) is 14.9. The van der Waals surface area contributed by atoms with Crippen LogP contribution in [0.5, 0.6) is 0 Å². The van der Waals surface area contributed by atoms with Crippen LogP contribution in [0.4, 0.5) is 5.69 Å². The van der Waals surface area contributed by atoms with Gasteiger partial charge in [-0.05, 0) is 18.6 Å². The highest BCUT2D eigenvalue weighted by Gasteiger charge is 2.16. The van der Waals surface area contributed by atoms with Crippen molar-refractivity contribution in [1.82, 2.24) is 14.8 Å². The van der Waals surface area contributed by atoms with Gasteiger partial charge in [0, 0.05) is 6.20 Å². The van der Waals surface area contributed by atoms with E-state index in [4.69, 9.17) is 16.1 Å². The molecule has 0 fully saturated rings. The van der Waals surface area contributed by atoms with Crippen LogP contribution in [0.2, 0.25) is 0 Å². The van der Waals surface area contributed by atoms with Crippen molar-refractivity contribution in [3.05, 3.63) is 35.3 Å². The lowest BCUT2D eigenvalue weighted by molar-refractivity contribution is 0.0691. The zero-order valence-corrected chi connectivity index (χ0v) is 9.45. The molecule has 0 aromatic carbocycles. The molecule has 0 saturated heterocycles. The highest BCUT2D eigenvalue weighted by Crippen LogP contribution is 2.17. The Morgan fingerprint density at radius 1 is 1.61 bits per heavy atom. The number of hydrogen-bond acceptors (Lipinski definition) is 5. The molecule has 2 rings (SSSR count). The number of nitrogens with two attached hydrogens (primary N) is 1. The zero-order valence-electron chi connectivity index (χ0n) is 9.45. The van der Waals surface area contributed by atoms with Crippen molar-refractivity contribution in [2.45, 2.75) is 6.92 Å². The molecular weight excluding hydrogens is 234 g/mol. The lowest BCUT2D eigenvalue weighted by Gasteiger charge is -2.04. The number of nitrogen functional groups attached to an aromatic ring is 1. The molecule has 18 heavy (non-hydrogen) atoms. The van der Waals surface area contributed by atoms with Gasteiger partial charge in [0.05, 0.1) is 17.4 Å². The molecule has 0 unspecified atom stereocenters. The minimum Gasteiger partial charge on any atom is -0.476 e. The molecule has 0 radical (unpaired) electrons. The number of carboxylic acids is 1. The fourth-order valence-electron chi connectivity index (χ4n) is 1.52. The van der Waals surface area contributed by atoms with Crippen molar-refractivity contribution in [3.63, 3.8) is 0 Å². The molecule has 0 saturated carbocycles. The third-order valence-electron chi connectivity index (χ3n) is 2.41. The standard InChI is InChI=1S/C11H9N5O2/c1-6-2-3-14-10(7(6)4-12)16-5-8(13)9(15-16)11(17)18/h2-3,5H,13H2,1H3,(H,17,18). The molecule has 0 spiro atoms. The van der Waals surface area contributed by atoms with E-state index < -0.39 is 5.97 Å². The van der Waals surface area contributed by atoms with Gasteiger partial charge in [0.25, 0.3) is 0 Å². The van der Waals surface area contributed by atoms with E-state index in [1.54, 1.807) is 13.0 Å². The van der Waals surface area contributed by atoms with Gasteiger partial charge in [-0.1, -0.05) is 0 Å². The Balaban J connectivity index is 2.64. The summed E-state index contributed by atoms with van der Waals surface area (Å²) in [5, 5.41) is 21.7. The molecule has 2 aromatic rings. The van der Waals surface area contributed by atoms with Crippen molar-refractivity contribution in [2.24, 2.45) is 0 Å². The Kier molecular flexibility index (Phi) is 2.69. The van der Waals surface area contributed by atoms with E-state index in [9.17, 15) is 4.79 Å². The molecular formula is C11H9N5O2. The van der Waals surface area contributed by atoms with Crippen molar-refractivity contribution in [1.29, 1.82) is 5.26 Å². The highest BCUT2D eigenvalue weighted by atomic mass is 16.4. The van der Waals surface area contributed by atoms with E-state index in [1.165, 1.54) is 17.1 Å². The van der Waals surface area contributed by atoms with Crippen molar-refractivity contribution in [3.8, 4) is 11.9 Å². The van der Waals surface area contributed by atoms with Gasteiger partial charge in [0.1, 0.15) is 6.07 Å². The molecule has 0 aliphatic carbocycles. The third kappa shape index (κ3) is 1.76. The maximum absolute atomic E-state index is 10.8. The maximum atomic E-state index is 10.8. The van der Waals surface area contributed by atoms with E-state index in [-0.39, 0.29) is 17.2 Å². The molecule has 3 N–H and O–H groups in total. The summed E-state index contributed by atoms with van der Waals surface area (Å²) in [6.45, 7) is 1.76. The normalized spacial score (nSPS) is 10.0. The molecule has 0 aliphatic heterocycles. The number of aromatic nitrogens is 3. The second-order valence-corrected chi connectivity index (χ2v) is 3.62. The van der Waals surface area contributed by atoms with Crippen LogP contribution >= 0.6 is 0 Å². The number of pyridine rings is 1. The molecule has 90 valence electrons. The Morgan fingerprint density at radius 2 is 2.33 bits per heavy atom. The summed E-state index contributed by atoms with van der Waals surface area (Å²) in [6, 6.07) is 3.70. The van der Waals surface area contributed by atoms with Crippen LogP contribution in [-0.2, 0) is 0 Å². The second kappa shape index (κ2) is 4.18. The number of rotatable bonds is 2. The van der Waals surface area contributed by atoms with Crippen molar-refractivity contribution >= 4 is 11.7 Å². The number of aryl methyl sites for hydroxylation is 1. The SMILES string of the molecule is Cc1ccnc(-n2cc(N)c(C(=O)O)n2)c1C#N. The quantitative estimate of drug-likeness (QED) is 0.802. The third-order valence-corrected chi connectivity index (χ3v) is 2.41. The van der Waals surface area contributed by atoms with Crippen LogP contribution in [0.25, 0.3) is 5.82 Å². The Labute approximate surface area is 102 Å². The molecule has 0 atom stereocenters. The summed E-state index contributed by atoms with van der Waals surface area (Å²) in [5.74, 6) is -0.964. The van der Waals surface area contributed by atoms with Crippen molar-refractivity contribution < 1.29 is 9.90 Å². The molecule has 0 bridgehead atoms. The first kappa shape index (κ1) is 11.6. The predicted octanol–water partition coefficient (Wildman–Crippen LogP) is 0.728. The summed E-state index contributed by atoms with van der Waals surface area (Å²) < 4.78 is 1.20. The number of nitriles is 1. The summed E-state index contributed by atoms with van der Waals surface area (Å²) in [7, 11) is 0. The minimum absolute atomic E-state index is 0.0229. The zero-order chi connectivity index (χ0) is 13.3. The first-order valence-electron chi connectivity index (χ1n) is 4.99. The van der Waals surface area contributed by atoms with Gasteiger partial charge in [0.15, 0.2) is 11.5 Å². The van der Waals surface area contributed by atoms with E-state index >= 15 is 0 Å². The molecule has 2 heterocycles. The summed E-state index contributed by atoms with van der Waals surface area (Å²) in [6.07, 6.45) is 2.84. The molecule has 0 aliphatic rings. The number of carboxylic acid groups (broad SMARTS) is 1. The monoisotopic (exact) mass is 243 g/mol. The van der Waals surface area contributed by atoms with Crippen molar-refractivity contribution in [2.75, 3.05) is 5.73 Å². The van der Waals surface area contributed by atoms with Crippen LogP contribution in [0.3, 0.4) is 0 Å². The number of hydrogen-bond donors (Lipinski definition) is 2. The topological polar surface area (TPSA) is 118 Å². The van der Waals surface area contributed by atoms with Gasteiger partial charge in [-0.15, -0.1) is 0 Å². The molecule has 7 heteroatoms. The van der Waals surface area contributed by atoms with E-state index in [1.807, 2.05) is 6.07 Å². The van der Waals surface area contributed by atoms with Crippen LogP contribution in [-0.4, -0.2) is 25.8 Å². The molecule has 7 nitrogen and oxygen atoms in total. The van der Waals surface area contributed by atoms with E-state index in [0.717, 1.165) is 5.56 Å². The maximum Gasteiger partial charge on any atom is 0.358 e. The van der Waals surface area contributed by atoms with Crippen LogP contribution in [0, 0.1) is 18.3 Å². The van der Waals surface area contributed by atoms with Crippen LogP contribution in [0.15, 0.2) is 18.5 Å². The fraction of sp³-hybridized carbons (Fsp3) is 0.0909. The molecule has 2 aromatic heterocycles. The predicted molar refractivity (Wildman–Crippen MR) is 62.2 cm³/mol. The summed E-state index contributed by atoms with van der Waals surface area (Å²) in [5.41, 5.74) is 6.36. The van der Waals surface area contributed by atoms with Gasteiger partial charge in [-0.2, -0.15) is 10.4 Å². The minimum atomic E-state index is -1.22. The van der Waals surface area contributed by atoms with Gasteiger partial charge < -0.3 is 10.8 Å². The van der Waals surface area contributed by atoms with Gasteiger partial charge >= 0.3 is 5.97 Å². The first-order valence-corrected chi connectivity index (χ1v) is 4.99. The average molecular weight is 243 g/mol. The van der Waals surface area contributed by atoms with E-state index in [0.29, 0.717) is 5.56 Å². The van der Waals surface area contributed by atoms with Crippen LogP contribution < -0.4 is 5.73 Å². The Morgan fingerprint density at radius 3 is 2.89 bits per heavy atom. The van der Waals surface area contributed by atoms with Crippen LogP contribution in [0.1, 0.15) is 21.6 Å². The Bertz CT molecular complexity index is 669. The number of nitrogens with zero attached hydrogens (tertiary/aromatic N) is 4. The second-order valence-electron chi connectivity index (χ2n) is 3.62. The van der Waals surface area contributed by atoms with E-state index in [2.05, 4.69) is 10.1 Å². The largest absolute Gasteiger partial charge is 0.476 e. The number of anilines is 1. The van der Waals surface area contributed by atoms with Gasteiger partial charge in [0.2, 0.25) is 0 Å². The molecule has 0 amide bonds. The lowest BCUT2D eigenvalue weighted by atomic mass is 10.1. The number of carbonyl (C=O) groups is 1. The lowest BCUT2D eigenvalue weighted by Crippen LogP contribution is -2.05. The Hall–Kier alpha value is -2.88.